The molecular formula is C22H24N4OS. The highest BCUT2D eigenvalue weighted by molar-refractivity contribution is 7.18. The third-order valence-electron chi connectivity index (χ3n) is 5.03. The van der Waals surface area contributed by atoms with E-state index in [0.29, 0.717) is 10.7 Å². The summed E-state index contributed by atoms with van der Waals surface area (Å²) in [5.74, 6) is 0.611. The number of carbonyl (C=O) groups is 1. The second-order valence-corrected chi connectivity index (χ2v) is 8.39. The number of carbonyl (C=O) groups excluding carboxylic acids is 1. The molecule has 0 spiro atoms. The van der Waals surface area contributed by atoms with Gasteiger partial charge in [0.2, 0.25) is 5.13 Å². The summed E-state index contributed by atoms with van der Waals surface area (Å²) in [6.45, 7) is 5.58. The van der Waals surface area contributed by atoms with Crippen molar-refractivity contribution in [1.82, 2.24) is 15.1 Å². The number of rotatable bonds is 5. The number of hydrogen-bond donors (Lipinski definition) is 1. The Morgan fingerprint density at radius 1 is 1.14 bits per heavy atom. The molecule has 1 saturated heterocycles. The lowest BCUT2D eigenvalue weighted by Gasteiger charge is -2.30. The second-order valence-electron chi connectivity index (χ2n) is 7.41. The van der Waals surface area contributed by atoms with Crippen LogP contribution in [-0.4, -0.2) is 34.1 Å². The van der Waals surface area contributed by atoms with Crippen LogP contribution in [0.4, 0.5) is 5.13 Å². The first-order valence-corrected chi connectivity index (χ1v) is 10.5. The van der Waals surface area contributed by atoms with E-state index >= 15 is 0 Å². The number of nitrogens with one attached hydrogen (secondary N) is 1. The molecule has 28 heavy (non-hydrogen) atoms. The van der Waals surface area contributed by atoms with Crippen molar-refractivity contribution in [2.75, 3.05) is 18.4 Å². The van der Waals surface area contributed by atoms with Crippen LogP contribution in [0.2, 0.25) is 0 Å². The first-order chi connectivity index (χ1) is 13.7. The van der Waals surface area contributed by atoms with Crippen molar-refractivity contribution in [3.05, 3.63) is 65.7 Å². The molecule has 1 fully saturated rings. The smallest absolute Gasteiger partial charge is 0.257 e. The third-order valence-corrected chi connectivity index (χ3v) is 5.92. The van der Waals surface area contributed by atoms with Gasteiger partial charge < -0.3 is 0 Å². The first-order valence-electron chi connectivity index (χ1n) is 9.69. The summed E-state index contributed by atoms with van der Waals surface area (Å²) in [4.78, 5) is 15.0. The molecule has 0 aliphatic carbocycles. The Morgan fingerprint density at radius 3 is 2.68 bits per heavy atom. The first kappa shape index (κ1) is 18.8. The fraction of sp³-hybridized carbons (Fsp3) is 0.318. The van der Waals surface area contributed by atoms with Crippen LogP contribution in [0.5, 0.6) is 0 Å². The lowest BCUT2D eigenvalue weighted by molar-refractivity contribution is 0.102. The molecule has 2 aromatic carbocycles. The summed E-state index contributed by atoms with van der Waals surface area (Å²) in [5, 5.41) is 12.4. The van der Waals surface area contributed by atoms with E-state index in [-0.39, 0.29) is 5.91 Å². The van der Waals surface area contributed by atoms with Crippen molar-refractivity contribution in [2.24, 2.45) is 5.92 Å². The number of aromatic nitrogens is 2. The second kappa shape index (κ2) is 8.63. The highest BCUT2D eigenvalue weighted by Crippen LogP contribution is 2.26. The molecule has 1 aliphatic rings. The highest BCUT2D eigenvalue weighted by Gasteiger charge is 2.16. The van der Waals surface area contributed by atoms with E-state index in [4.69, 9.17) is 0 Å². The van der Waals surface area contributed by atoms with E-state index in [1.54, 1.807) is 0 Å². The van der Waals surface area contributed by atoms with Crippen LogP contribution in [0.3, 0.4) is 0 Å². The van der Waals surface area contributed by atoms with Gasteiger partial charge in [-0.2, -0.15) is 0 Å². The van der Waals surface area contributed by atoms with Gasteiger partial charge in [0.05, 0.1) is 0 Å². The molecule has 0 saturated carbocycles. The van der Waals surface area contributed by atoms with Crippen molar-refractivity contribution in [1.29, 1.82) is 0 Å². The van der Waals surface area contributed by atoms with Crippen molar-refractivity contribution in [3.8, 4) is 10.6 Å². The number of hydrogen-bond acceptors (Lipinski definition) is 5. The minimum Gasteiger partial charge on any atom is -0.299 e. The maximum atomic E-state index is 12.5. The van der Waals surface area contributed by atoms with Crippen LogP contribution < -0.4 is 5.32 Å². The minimum atomic E-state index is -0.158. The number of piperidine rings is 1. The predicted molar refractivity (Wildman–Crippen MR) is 113 cm³/mol. The van der Waals surface area contributed by atoms with Gasteiger partial charge in [0.25, 0.3) is 5.91 Å². The Bertz CT molecular complexity index is 923. The average Bonchev–Trinajstić information content (AvgIpc) is 3.18. The van der Waals surface area contributed by atoms with E-state index in [1.165, 1.54) is 29.7 Å². The Kier molecular flexibility index (Phi) is 5.78. The molecule has 2 heterocycles. The Balaban J connectivity index is 1.37. The number of benzene rings is 2. The maximum absolute atomic E-state index is 12.5. The third kappa shape index (κ3) is 4.64. The Labute approximate surface area is 169 Å². The monoisotopic (exact) mass is 392 g/mol. The van der Waals surface area contributed by atoms with Gasteiger partial charge in [0.1, 0.15) is 5.01 Å². The number of anilines is 1. The zero-order valence-electron chi connectivity index (χ0n) is 16.0. The van der Waals surface area contributed by atoms with Gasteiger partial charge in [-0.1, -0.05) is 60.7 Å². The van der Waals surface area contributed by atoms with E-state index in [1.807, 2.05) is 54.6 Å². The van der Waals surface area contributed by atoms with Gasteiger partial charge in [0, 0.05) is 24.2 Å². The van der Waals surface area contributed by atoms with Crippen LogP contribution in [0.25, 0.3) is 10.6 Å². The quantitative estimate of drug-likeness (QED) is 0.684. The van der Waals surface area contributed by atoms with Crippen LogP contribution in [0.1, 0.15) is 35.7 Å². The van der Waals surface area contributed by atoms with Gasteiger partial charge in [-0.05, 0) is 43.0 Å². The van der Waals surface area contributed by atoms with Crippen LogP contribution >= 0.6 is 11.3 Å². The predicted octanol–water partition coefficient (Wildman–Crippen LogP) is 4.69. The lowest BCUT2D eigenvalue weighted by atomic mass is 9.99. The molecule has 0 radical (unpaired) electrons. The van der Waals surface area contributed by atoms with Crippen molar-refractivity contribution in [2.45, 2.75) is 26.3 Å². The van der Waals surface area contributed by atoms with Gasteiger partial charge >= 0.3 is 0 Å². The maximum Gasteiger partial charge on any atom is 0.257 e. The SMILES string of the molecule is CC1CCCN(Cc2ccc(C(=O)Nc3nnc(-c4ccccc4)s3)cc2)C1. The summed E-state index contributed by atoms with van der Waals surface area (Å²) >= 11 is 1.37. The van der Waals surface area contributed by atoms with E-state index < -0.39 is 0 Å². The van der Waals surface area contributed by atoms with E-state index in [2.05, 4.69) is 27.3 Å². The summed E-state index contributed by atoms with van der Waals surface area (Å²) in [7, 11) is 0. The van der Waals surface area contributed by atoms with Crippen molar-refractivity contribution in [3.63, 3.8) is 0 Å². The Morgan fingerprint density at radius 2 is 1.93 bits per heavy atom. The Hall–Kier alpha value is -2.57. The van der Waals surface area contributed by atoms with Gasteiger partial charge in [-0.3, -0.25) is 15.0 Å². The molecule has 1 N–H and O–H groups in total. The molecule has 5 nitrogen and oxygen atoms in total. The summed E-state index contributed by atoms with van der Waals surface area (Å²) in [6.07, 6.45) is 2.60. The topological polar surface area (TPSA) is 58.1 Å². The van der Waals surface area contributed by atoms with Crippen LogP contribution in [0.15, 0.2) is 54.6 Å². The molecule has 1 atom stereocenters. The van der Waals surface area contributed by atoms with Gasteiger partial charge in [-0.25, -0.2) is 0 Å². The van der Waals surface area contributed by atoms with Crippen LogP contribution in [0, 0.1) is 5.92 Å². The molecule has 1 aliphatic heterocycles. The average molecular weight is 393 g/mol. The van der Waals surface area contributed by atoms with Gasteiger partial charge in [-0.15, -0.1) is 10.2 Å². The molecule has 1 aromatic heterocycles. The van der Waals surface area contributed by atoms with Gasteiger partial charge in [0.15, 0.2) is 0 Å². The van der Waals surface area contributed by atoms with E-state index in [9.17, 15) is 4.79 Å². The molecule has 6 heteroatoms. The zero-order valence-corrected chi connectivity index (χ0v) is 16.8. The van der Waals surface area contributed by atoms with Crippen molar-refractivity contribution >= 4 is 22.4 Å². The number of nitrogens with zero attached hydrogens (tertiary/aromatic N) is 3. The molecular weight excluding hydrogens is 368 g/mol. The molecule has 0 bridgehead atoms. The van der Waals surface area contributed by atoms with Crippen molar-refractivity contribution < 1.29 is 4.79 Å². The zero-order chi connectivity index (χ0) is 19.3. The largest absolute Gasteiger partial charge is 0.299 e. The molecule has 4 rings (SSSR count). The molecule has 1 amide bonds. The minimum absolute atomic E-state index is 0.158. The highest BCUT2D eigenvalue weighted by atomic mass is 32.1. The fourth-order valence-electron chi connectivity index (χ4n) is 3.59. The number of amides is 1. The molecule has 3 aromatic rings. The van der Waals surface area contributed by atoms with E-state index in [0.717, 1.165) is 36.1 Å². The summed E-state index contributed by atoms with van der Waals surface area (Å²) < 4.78 is 0. The molecule has 1 unspecified atom stereocenters. The lowest BCUT2D eigenvalue weighted by Crippen LogP contribution is -2.33. The summed E-state index contributed by atoms with van der Waals surface area (Å²) in [6, 6.07) is 17.7. The normalized spacial score (nSPS) is 17.4. The summed E-state index contributed by atoms with van der Waals surface area (Å²) in [5.41, 5.74) is 2.87. The van der Waals surface area contributed by atoms with Crippen LogP contribution in [-0.2, 0) is 6.54 Å². The molecule has 144 valence electrons. The number of likely N-dealkylation sites (tertiary alicyclic amines) is 1. The fourth-order valence-corrected chi connectivity index (χ4v) is 4.33. The standard InChI is InChI=1S/C22H24N4OS/c1-16-6-5-13-26(14-16)15-17-9-11-18(12-10-17)20(27)23-22-25-24-21(28-22)19-7-3-2-4-8-19/h2-4,7-12,16H,5-6,13-15H2,1H3,(H,23,25,27).